The number of hydrogen-bond acceptors (Lipinski definition) is 4. The van der Waals surface area contributed by atoms with E-state index in [-0.39, 0.29) is 0 Å². The third-order valence-corrected chi connectivity index (χ3v) is 0.520. The van der Waals surface area contributed by atoms with Crippen LogP contribution in [0.25, 0.3) is 0 Å². The molecule has 11 heavy (non-hydrogen) atoms. The fourth-order valence-corrected chi connectivity index (χ4v) is 0.146. The summed E-state index contributed by atoms with van der Waals surface area (Å²) in [5.74, 6) is 0. The van der Waals surface area contributed by atoms with Crippen molar-refractivity contribution in [2.45, 2.75) is 0 Å². The zero-order valence-electron chi connectivity index (χ0n) is 6.99. The molecule has 0 aromatic rings. The summed E-state index contributed by atoms with van der Waals surface area (Å²) in [5.41, 5.74) is 0. The van der Waals surface area contributed by atoms with Crippen molar-refractivity contribution in [3.63, 3.8) is 0 Å². The second-order valence-electron chi connectivity index (χ2n) is 1.58. The van der Waals surface area contributed by atoms with Gasteiger partial charge in [0.25, 0.3) is 0 Å². The molecule has 0 aliphatic heterocycles. The summed E-state index contributed by atoms with van der Waals surface area (Å²) in [4.78, 5) is 22.8. The molecule has 0 N–H and O–H groups in total. The molecular weight excluding hydrogens is 154 g/mol. The molecule has 0 spiro atoms. The Balaban J connectivity index is 0. The topological polar surface area (TPSA) is 67.9 Å². The maximum Gasteiger partial charge on any atom is 0.440 e. The molecule has 0 saturated carbocycles. The van der Waals surface area contributed by atoms with Crippen LogP contribution < -0.4 is 0 Å². The van der Waals surface area contributed by atoms with E-state index in [2.05, 4.69) is 14.7 Å². The molecule has 6 nitrogen and oxygen atoms in total. The summed E-state index contributed by atoms with van der Waals surface area (Å²) < 4.78 is 0. The summed E-state index contributed by atoms with van der Waals surface area (Å²) in [5, 5.41) is 8.43. The number of hydrogen-bond donors (Lipinski definition) is 0. The van der Waals surface area contributed by atoms with Crippen LogP contribution in [0.15, 0.2) is 0 Å². The van der Waals surface area contributed by atoms with Gasteiger partial charge in [-0.15, -0.1) is 0 Å². The summed E-state index contributed by atoms with van der Waals surface area (Å²) in [6.07, 6.45) is -0.507. The highest BCUT2D eigenvalue weighted by Crippen LogP contribution is 1.82. The number of carbonyl (C=O) groups excluding carboxylic acids is 1. The van der Waals surface area contributed by atoms with Crippen molar-refractivity contribution in [3.8, 4) is 0 Å². The van der Waals surface area contributed by atoms with E-state index in [0.717, 1.165) is 7.11 Å². The molecule has 0 fully saturated rings. The number of amides is 1. The Morgan fingerprint density at radius 3 is 1.73 bits per heavy atom. The van der Waals surface area contributed by atoms with Crippen LogP contribution in [-0.4, -0.2) is 39.3 Å². The normalized spacial score (nSPS) is 7.73. The highest BCUT2D eigenvalue weighted by atomic mass is 17.2. The lowest BCUT2D eigenvalue weighted by Gasteiger charge is -2.06. The average Bonchev–Trinajstić information content (AvgIpc) is 1.90. The van der Waals surface area contributed by atoms with E-state index in [1.165, 1.54) is 12.0 Å². The minimum absolute atomic E-state index is 0.507. The van der Waals surface area contributed by atoms with Crippen LogP contribution in [-0.2, 0) is 19.9 Å². The van der Waals surface area contributed by atoms with Gasteiger partial charge in [-0.25, -0.2) is 9.68 Å². The smallest absolute Gasteiger partial charge is 0.312 e. The van der Waals surface area contributed by atoms with E-state index < -0.39 is 6.09 Å². The SMILES string of the molecule is COOC(=O)N(C)C.CO[O]. The molecule has 0 aliphatic rings. The monoisotopic (exact) mass is 166 g/mol. The molecule has 0 heterocycles. The lowest BCUT2D eigenvalue weighted by Crippen LogP contribution is -2.22. The van der Waals surface area contributed by atoms with Crippen molar-refractivity contribution in [1.29, 1.82) is 0 Å². The third-order valence-electron chi connectivity index (χ3n) is 0.520. The lowest BCUT2D eigenvalue weighted by molar-refractivity contribution is -0.279. The number of carbonyl (C=O) groups is 1. The van der Waals surface area contributed by atoms with Gasteiger partial charge in [0, 0.05) is 14.1 Å². The van der Waals surface area contributed by atoms with E-state index in [0.29, 0.717) is 0 Å². The predicted molar refractivity (Wildman–Crippen MR) is 34.9 cm³/mol. The summed E-state index contributed by atoms with van der Waals surface area (Å²) in [6, 6.07) is 0. The molecule has 0 atom stereocenters. The van der Waals surface area contributed by atoms with Gasteiger partial charge >= 0.3 is 6.09 Å². The van der Waals surface area contributed by atoms with Gasteiger partial charge in [-0.3, -0.25) is 4.89 Å². The van der Waals surface area contributed by atoms with Gasteiger partial charge in [-0.2, -0.15) is 4.89 Å². The van der Waals surface area contributed by atoms with Crippen molar-refractivity contribution in [3.05, 3.63) is 0 Å². The largest absolute Gasteiger partial charge is 0.440 e. The molecule has 1 radical (unpaired) electrons. The van der Waals surface area contributed by atoms with Crippen molar-refractivity contribution in [2.24, 2.45) is 0 Å². The minimum atomic E-state index is -0.507. The fraction of sp³-hybridized carbons (Fsp3) is 0.800. The van der Waals surface area contributed by atoms with Crippen molar-refractivity contribution in [1.82, 2.24) is 4.90 Å². The summed E-state index contributed by atoms with van der Waals surface area (Å²) in [6.45, 7) is 0. The maximum atomic E-state index is 10.3. The molecule has 0 aliphatic carbocycles. The van der Waals surface area contributed by atoms with Gasteiger partial charge in [0.15, 0.2) is 0 Å². The Labute approximate surface area is 65.1 Å². The molecule has 0 unspecified atom stereocenters. The predicted octanol–water partition coefficient (Wildman–Crippen LogP) is 0.224. The molecule has 1 amide bonds. The number of nitrogens with zero attached hydrogens (tertiary/aromatic N) is 1. The van der Waals surface area contributed by atoms with Crippen LogP contribution in [0.2, 0.25) is 0 Å². The van der Waals surface area contributed by atoms with E-state index in [4.69, 9.17) is 5.26 Å². The van der Waals surface area contributed by atoms with Gasteiger partial charge in [0.05, 0.1) is 14.2 Å². The minimum Gasteiger partial charge on any atom is -0.312 e. The molecule has 0 aromatic heterocycles. The first-order valence-corrected chi connectivity index (χ1v) is 2.68. The van der Waals surface area contributed by atoms with Crippen LogP contribution in [0.1, 0.15) is 0 Å². The first kappa shape index (κ1) is 12.8. The maximum absolute atomic E-state index is 10.3. The zero-order chi connectivity index (χ0) is 9.28. The molecule has 67 valence electrons. The average molecular weight is 166 g/mol. The van der Waals surface area contributed by atoms with Gasteiger partial charge in [0.1, 0.15) is 0 Å². The fourth-order valence-electron chi connectivity index (χ4n) is 0.146. The number of rotatable bonds is 1. The zero-order valence-corrected chi connectivity index (χ0v) is 6.99. The van der Waals surface area contributed by atoms with Crippen LogP contribution in [0.5, 0.6) is 0 Å². The van der Waals surface area contributed by atoms with Crippen LogP contribution in [0.4, 0.5) is 4.79 Å². The Kier molecular flexibility index (Phi) is 10.6. The standard InChI is InChI=1S/C4H9NO3.CH3O2/c1-5(2)4(6)8-7-3;1-3-2/h1-3H3;1H3. The highest BCUT2D eigenvalue weighted by molar-refractivity contribution is 5.65. The quantitative estimate of drug-likeness (QED) is 0.413. The summed E-state index contributed by atoms with van der Waals surface area (Å²) in [7, 11) is 5.49. The van der Waals surface area contributed by atoms with E-state index >= 15 is 0 Å². The van der Waals surface area contributed by atoms with Crippen molar-refractivity contribution < 1.29 is 24.7 Å². The first-order chi connectivity index (χ1) is 5.09. The van der Waals surface area contributed by atoms with E-state index in [1.54, 1.807) is 14.1 Å². The van der Waals surface area contributed by atoms with Gasteiger partial charge in [-0.1, -0.05) is 0 Å². The Morgan fingerprint density at radius 1 is 1.27 bits per heavy atom. The molecule has 0 bridgehead atoms. The molecule has 0 saturated heterocycles. The Hall–Kier alpha value is -0.850. The second-order valence-corrected chi connectivity index (χ2v) is 1.58. The summed E-state index contributed by atoms with van der Waals surface area (Å²) >= 11 is 0. The van der Waals surface area contributed by atoms with E-state index in [9.17, 15) is 4.79 Å². The molecule has 0 aromatic carbocycles. The van der Waals surface area contributed by atoms with Crippen LogP contribution in [0.3, 0.4) is 0 Å². The highest BCUT2D eigenvalue weighted by Gasteiger charge is 2.01. The van der Waals surface area contributed by atoms with Crippen molar-refractivity contribution >= 4 is 6.09 Å². The lowest BCUT2D eigenvalue weighted by atomic mass is 10.9. The van der Waals surface area contributed by atoms with Crippen LogP contribution in [0, 0.1) is 0 Å². The molecule has 6 heteroatoms. The second kappa shape index (κ2) is 9.15. The molecular formula is C5H12NO5. The van der Waals surface area contributed by atoms with Gasteiger partial charge < -0.3 is 4.90 Å². The molecule has 0 rings (SSSR count). The first-order valence-electron chi connectivity index (χ1n) is 2.68. The Morgan fingerprint density at radius 2 is 1.64 bits per heavy atom. The van der Waals surface area contributed by atoms with Gasteiger partial charge in [-0.05, 0) is 5.26 Å². The third kappa shape index (κ3) is 12.4. The van der Waals surface area contributed by atoms with Crippen LogP contribution >= 0.6 is 0 Å². The van der Waals surface area contributed by atoms with E-state index in [1.807, 2.05) is 0 Å². The Bertz CT molecular complexity index is 94.9. The van der Waals surface area contributed by atoms with Crippen molar-refractivity contribution in [2.75, 3.05) is 28.3 Å². The van der Waals surface area contributed by atoms with Gasteiger partial charge in [0.2, 0.25) is 0 Å².